The summed E-state index contributed by atoms with van der Waals surface area (Å²) in [4.78, 5) is 0. The monoisotopic (exact) mass is 155 g/mol. The average Bonchev–Trinajstić information content (AvgIpc) is 2.40. The first-order valence-corrected chi connectivity index (χ1v) is 3.23. The maximum Gasteiger partial charge on any atom is 0.199 e. The van der Waals surface area contributed by atoms with Crippen LogP contribution in [0.4, 0.5) is 0 Å². The van der Waals surface area contributed by atoms with Crippen LogP contribution in [-0.2, 0) is 7.05 Å². The second-order valence-electron chi connectivity index (χ2n) is 2.03. The molecule has 0 radical (unpaired) electrons. The van der Waals surface area contributed by atoms with Gasteiger partial charge in [-0.25, -0.2) is 4.68 Å². The smallest absolute Gasteiger partial charge is 0.199 e. The minimum absolute atomic E-state index is 0.484. The van der Waals surface area contributed by atoms with Gasteiger partial charge in [0.2, 0.25) is 0 Å². The van der Waals surface area contributed by atoms with Gasteiger partial charge in [-0.15, -0.1) is 5.10 Å². The predicted molar refractivity (Wildman–Crippen MR) is 37.4 cm³/mol. The molecule has 0 saturated carbocycles. The molecule has 0 spiro atoms. The summed E-state index contributed by atoms with van der Waals surface area (Å²) >= 11 is 0. The fraction of sp³-hybridized carbons (Fsp3) is 0.600. The van der Waals surface area contributed by atoms with Gasteiger partial charge in [-0.1, -0.05) is 12.1 Å². The number of tetrazole rings is 1. The van der Waals surface area contributed by atoms with E-state index in [0.717, 1.165) is 0 Å². The third-order valence-corrected chi connectivity index (χ3v) is 1.33. The Morgan fingerprint density at radius 3 is 2.82 bits per heavy atom. The highest BCUT2D eigenvalue weighted by Gasteiger charge is 2.08. The summed E-state index contributed by atoms with van der Waals surface area (Å²) in [6.07, 6.45) is 0.602. The number of aromatic nitrogens is 4. The summed E-state index contributed by atoms with van der Waals surface area (Å²) in [7, 11) is 1.69. The first-order chi connectivity index (χ1) is 5.29. The third kappa shape index (κ3) is 1.34. The van der Waals surface area contributed by atoms with Crippen molar-refractivity contribution >= 4 is 5.71 Å². The quantitative estimate of drug-likeness (QED) is 0.364. The summed E-state index contributed by atoms with van der Waals surface area (Å²) in [5.74, 6) is 0.495. The number of nitrogens with zero attached hydrogens (tertiary/aromatic N) is 5. The molecule has 0 aliphatic heterocycles. The largest absolute Gasteiger partial charge is 0.411 e. The van der Waals surface area contributed by atoms with E-state index in [1.165, 1.54) is 4.68 Å². The standard InChI is InChI=1S/C5H9N5O/c1-3-4(7-11)5-6-8-9-10(5)2/h11H,3H2,1-2H3/b7-4-. The van der Waals surface area contributed by atoms with Crippen molar-refractivity contribution in [1.29, 1.82) is 0 Å². The Morgan fingerprint density at radius 2 is 2.45 bits per heavy atom. The zero-order valence-electron chi connectivity index (χ0n) is 6.39. The van der Waals surface area contributed by atoms with E-state index in [9.17, 15) is 0 Å². The molecule has 1 rings (SSSR count). The predicted octanol–water partition coefficient (Wildman–Crippen LogP) is -0.202. The molecule has 0 amide bonds. The van der Waals surface area contributed by atoms with E-state index in [1.54, 1.807) is 7.05 Å². The van der Waals surface area contributed by atoms with E-state index in [1.807, 2.05) is 6.92 Å². The minimum atomic E-state index is 0.484. The molecule has 0 aliphatic rings. The Balaban J connectivity index is 3.00. The van der Waals surface area contributed by atoms with Crippen LogP contribution in [0.25, 0.3) is 0 Å². The highest BCUT2D eigenvalue weighted by atomic mass is 16.4. The maximum absolute atomic E-state index is 8.50. The van der Waals surface area contributed by atoms with E-state index in [2.05, 4.69) is 20.7 Å². The lowest BCUT2D eigenvalue weighted by molar-refractivity contribution is 0.317. The van der Waals surface area contributed by atoms with Crippen LogP contribution in [0.2, 0.25) is 0 Å². The highest BCUT2D eigenvalue weighted by molar-refractivity contribution is 5.96. The summed E-state index contributed by atoms with van der Waals surface area (Å²) < 4.78 is 1.46. The fourth-order valence-corrected chi connectivity index (χ4v) is 0.747. The van der Waals surface area contributed by atoms with Gasteiger partial charge >= 0.3 is 0 Å². The molecule has 60 valence electrons. The van der Waals surface area contributed by atoms with E-state index >= 15 is 0 Å². The SMILES string of the molecule is CC/C(=N/O)c1nnnn1C. The second-order valence-corrected chi connectivity index (χ2v) is 2.03. The van der Waals surface area contributed by atoms with Gasteiger partial charge in [0.05, 0.1) is 0 Å². The third-order valence-electron chi connectivity index (χ3n) is 1.33. The number of aryl methyl sites for hydroxylation is 1. The molecule has 1 heterocycles. The van der Waals surface area contributed by atoms with Crippen molar-refractivity contribution in [2.45, 2.75) is 13.3 Å². The Morgan fingerprint density at radius 1 is 1.73 bits per heavy atom. The van der Waals surface area contributed by atoms with Gasteiger partial charge in [-0.05, 0) is 16.8 Å². The van der Waals surface area contributed by atoms with Crippen molar-refractivity contribution < 1.29 is 5.21 Å². The molecule has 0 bridgehead atoms. The van der Waals surface area contributed by atoms with Crippen LogP contribution in [-0.4, -0.2) is 31.1 Å². The molecule has 1 N–H and O–H groups in total. The van der Waals surface area contributed by atoms with Gasteiger partial charge in [-0.2, -0.15) is 0 Å². The van der Waals surface area contributed by atoms with E-state index in [4.69, 9.17) is 5.21 Å². The molecular weight excluding hydrogens is 146 g/mol. The lowest BCUT2D eigenvalue weighted by Gasteiger charge is -1.95. The topological polar surface area (TPSA) is 76.2 Å². The van der Waals surface area contributed by atoms with Crippen LogP contribution in [0.1, 0.15) is 19.2 Å². The van der Waals surface area contributed by atoms with Crippen molar-refractivity contribution in [1.82, 2.24) is 20.2 Å². The van der Waals surface area contributed by atoms with Gasteiger partial charge in [0.25, 0.3) is 0 Å². The molecule has 0 saturated heterocycles. The molecular formula is C5H9N5O. The second kappa shape index (κ2) is 3.09. The molecule has 6 heteroatoms. The van der Waals surface area contributed by atoms with Crippen LogP contribution in [0.5, 0.6) is 0 Å². The van der Waals surface area contributed by atoms with Crippen LogP contribution in [0.3, 0.4) is 0 Å². The molecule has 11 heavy (non-hydrogen) atoms. The molecule has 0 aromatic carbocycles. The van der Waals surface area contributed by atoms with Gasteiger partial charge in [0.1, 0.15) is 5.71 Å². The summed E-state index contributed by atoms with van der Waals surface area (Å²) in [5.41, 5.74) is 0.484. The van der Waals surface area contributed by atoms with Gasteiger partial charge < -0.3 is 5.21 Å². The van der Waals surface area contributed by atoms with E-state index in [0.29, 0.717) is 18.0 Å². The first kappa shape index (κ1) is 7.64. The number of oxime groups is 1. The molecule has 0 aliphatic carbocycles. The fourth-order valence-electron chi connectivity index (χ4n) is 0.747. The van der Waals surface area contributed by atoms with E-state index in [-0.39, 0.29) is 0 Å². The normalized spacial score (nSPS) is 12.0. The number of rotatable bonds is 2. The van der Waals surface area contributed by atoms with Gasteiger partial charge in [0.15, 0.2) is 5.82 Å². The van der Waals surface area contributed by atoms with E-state index < -0.39 is 0 Å². The highest BCUT2D eigenvalue weighted by Crippen LogP contribution is 1.96. The zero-order chi connectivity index (χ0) is 8.27. The maximum atomic E-state index is 8.50. The molecule has 1 aromatic heterocycles. The van der Waals surface area contributed by atoms with Crippen LogP contribution < -0.4 is 0 Å². The van der Waals surface area contributed by atoms with Crippen LogP contribution >= 0.6 is 0 Å². The molecule has 0 atom stereocenters. The first-order valence-electron chi connectivity index (χ1n) is 3.23. The summed E-state index contributed by atoms with van der Waals surface area (Å²) in [5, 5.41) is 22.2. The average molecular weight is 155 g/mol. The van der Waals surface area contributed by atoms with Crippen LogP contribution in [0.15, 0.2) is 5.16 Å². The molecule has 0 fully saturated rings. The molecule has 0 unspecified atom stereocenters. The van der Waals surface area contributed by atoms with Crippen molar-refractivity contribution in [3.05, 3.63) is 5.82 Å². The zero-order valence-corrected chi connectivity index (χ0v) is 6.39. The van der Waals surface area contributed by atoms with Crippen molar-refractivity contribution in [3.8, 4) is 0 Å². The van der Waals surface area contributed by atoms with Gasteiger partial charge in [0, 0.05) is 7.05 Å². The van der Waals surface area contributed by atoms with Crippen LogP contribution in [0, 0.1) is 0 Å². The Labute approximate surface area is 63.5 Å². The lowest BCUT2D eigenvalue weighted by Crippen LogP contribution is -2.08. The molecule has 1 aromatic rings. The van der Waals surface area contributed by atoms with Crippen molar-refractivity contribution in [2.24, 2.45) is 12.2 Å². The summed E-state index contributed by atoms with van der Waals surface area (Å²) in [6, 6.07) is 0. The Hall–Kier alpha value is -1.46. The number of hydrogen-bond acceptors (Lipinski definition) is 5. The van der Waals surface area contributed by atoms with Crippen molar-refractivity contribution in [3.63, 3.8) is 0 Å². The minimum Gasteiger partial charge on any atom is -0.411 e. The van der Waals surface area contributed by atoms with Crippen molar-refractivity contribution in [2.75, 3.05) is 0 Å². The lowest BCUT2D eigenvalue weighted by atomic mass is 10.3. The Bertz CT molecular complexity index is 266. The molecule has 6 nitrogen and oxygen atoms in total. The van der Waals surface area contributed by atoms with Gasteiger partial charge in [-0.3, -0.25) is 0 Å². The summed E-state index contributed by atoms with van der Waals surface area (Å²) in [6.45, 7) is 1.86. The Kier molecular flexibility index (Phi) is 2.15. The number of hydrogen-bond donors (Lipinski definition) is 1.